The maximum absolute atomic E-state index is 5.31. The molecular formula is C16H31IN4O. The Morgan fingerprint density at radius 3 is 2.32 bits per heavy atom. The Balaban J connectivity index is 0.00000441. The van der Waals surface area contributed by atoms with Crippen LogP contribution < -0.4 is 10.6 Å². The number of hydrogen-bond donors (Lipinski definition) is 2. The van der Waals surface area contributed by atoms with Gasteiger partial charge in [-0.05, 0) is 39.8 Å². The van der Waals surface area contributed by atoms with Crippen LogP contribution in [0.2, 0.25) is 0 Å². The average molecular weight is 422 g/mol. The van der Waals surface area contributed by atoms with Gasteiger partial charge in [-0.3, -0.25) is 9.89 Å². The highest BCUT2D eigenvalue weighted by molar-refractivity contribution is 14.0. The van der Waals surface area contributed by atoms with Crippen LogP contribution in [0, 0.1) is 0 Å². The lowest BCUT2D eigenvalue weighted by molar-refractivity contribution is 0.178. The Labute approximate surface area is 152 Å². The molecule has 5 nitrogen and oxygen atoms in total. The second-order valence-electron chi connectivity index (χ2n) is 5.68. The van der Waals surface area contributed by atoms with Crippen LogP contribution in [0.5, 0.6) is 0 Å². The van der Waals surface area contributed by atoms with Crippen LogP contribution in [-0.2, 0) is 6.42 Å². The fourth-order valence-electron chi connectivity index (χ4n) is 2.40. The van der Waals surface area contributed by atoms with Crippen molar-refractivity contribution in [2.24, 2.45) is 4.99 Å². The van der Waals surface area contributed by atoms with E-state index in [4.69, 9.17) is 4.42 Å². The van der Waals surface area contributed by atoms with Crippen molar-refractivity contribution in [2.45, 2.75) is 46.2 Å². The van der Waals surface area contributed by atoms with E-state index in [0.29, 0.717) is 12.1 Å². The summed E-state index contributed by atoms with van der Waals surface area (Å²) < 4.78 is 5.31. The number of guanidine groups is 1. The molecule has 2 N–H and O–H groups in total. The molecule has 1 aromatic rings. The Hall–Kier alpha value is -0.760. The monoisotopic (exact) mass is 422 g/mol. The van der Waals surface area contributed by atoms with Crippen LogP contribution in [0.4, 0.5) is 0 Å². The van der Waals surface area contributed by atoms with Crippen LogP contribution in [0.25, 0.3) is 0 Å². The topological polar surface area (TPSA) is 52.8 Å². The first-order chi connectivity index (χ1) is 10.0. The van der Waals surface area contributed by atoms with E-state index in [9.17, 15) is 0 Å². The maximum Gasteiger partial charge on any atom is 0.191 e. The highest BCUT2D eigenvalue weighted by Crippen LogP contribution is 2.03. The van der Waals surface area contributed by atoms with E-state index in [-0.39, 0.29) is 24.0 Å². The highest BCUT2D eigenvalue weighted by atomic mass is 127. The third kappa shape index (κ3) is 8.03. The number of furan rings is 1. The number of nitrogens with one attached hydrogen (secondary N) is 2. The lowest BCUT2D eigenvalue weighted by Crippen LogP contribution is -2.45. The van der Waals surface area contributed by atoms with Gasteiger partial charge in [0, 0.05) is 45.2 Å². The van der Waals surface area contributed by atoms with Gasteiger partial charge in [0.1, 0.15) is 5.76 Å². The summed E-state index contributed by atoms with van der Waals surface area (Å²) in [6.45, 7) is 11.6. The van der Waals surface area contributed by atoms with Gasteiger partial charge in [0.05, 0.1) is 6.26 Å². The lowest BCUT2D eigenvalue weighted by atomic mass is 10.2. The van der Waals surface area contributed by atoms with Gasteiger partial charge in [-0.2, -0.15) is 0 Å². The molecule has 0 aromatic carbocycles. The molecule has 0 spiro atoms. The maximum atomic E-state index is 5.31. The summed E-state index contributed by atoms with van der Waals surface area (Å²) in [6.07, 6.45) is 2.56. The van der Waals surface area contributed by atoms with Gasteiger partial charge in [0.25, 0.3) is 0 Å². The van der Waals surface area contributed by atoms with E-state index in [1.54, 1.807) is 13.3 Å². The molecule has 0 unspecified atom stereocenters. The van der Waals surface area contributed by atoms with Gasteiger partial charge in [-0.25, -0.2) is 0 Å². The van der Waals surface area contributed by atoms with Crippen LogP contribution in [0.15, 0.2) is 27.8 Å². The first kappa shape index (κ1) is 21.2. The molecule has 6 heteroatoms. The molecule has 0 atom stereocenters. The minimum atomic E-state index is 0. The normalized spacial score (nSPS) is 11.9. The second kappa shape index (κ2) is 11.8. The van der Waals surface area contributed by atoms with Crippen molar-refractivity contribution in [2.75, 3.05) is 26.7 Å². The van der Waals surface area contributed by atoms with Crippen molar-refractivity contribution in [3.63, 3.8) is 0 Å². The zero-order valence-corrected chi connectivity index (χ0v) is 16.8. The largest absolute Gasteiger partial charge is 0.469 e. The van der Waals surface area contributed by atoms with Crippen LogP contribution >= 0.6 is 24.0 Å². The summed E-state index contributed by atoms with van der Waals surface area (Å²) in [5.74, 6) is 1.83. The summed E-state index contributed by atoms with van der Waals surface area (Å²) in [6, 6.07) is 5.01. The molecule has 128 valence electrons. The zero-order chi connectivity index (χ0) is 15.7. The number of rotatable bonds is 8. The van der Waals surface area contributed by atoms with Gasteiger partial charge in [0.2, 0.25) is 0 Å². The molecule has 1 rings (SSSR count). The Morgan fingerprint density at radius 2 is 1.82 bits per heavy atom. The summed E-state index contributed by atoms with van der Waals surface area (Å²) in [7, 11) is 1.80. The molecule has 22 heavy (non-hydrogen) atoms. The molecule has 0 aliphatic rings. The average Bonchev–Trinajstić information content (AvgIpc) is 2.93. The molecule has 1 aromatic heterocycles. The van der Waals surface area contributed by atoms with Gasteiger partial charge < -0.3 is 15.1 Å². The van der Waals surface area contributed by atoms with Crippen LogP contribution in [0.1, 0.15) is 33.5 Å². The number of hydrogen-bond acceptors (Lipinski definition) is 3. The van der Waals surface area contributed by atoms with E-state index in [1.165, 1.54) is 0 Å². The molecule has 1 heterocycles. The minimum absolute atomic E-state index is 0. The second-order valence-corrected chi connectivity index (χ2v) is 5.68. The van der Waals surface area contributed by atoms with E-state index in [0.717, 1.165) is 37.8 Å². The quantitative estimate of drug-likeness (QED) is 0.384. The van der Waals surface area contributed by atoms with Gasteiger partial charge >= 0.3 is 0 Å². The fraction of sp³-hybridized carbons (Fsp3) is 0.688. The first-order valence-corrected chi connectivity index (χ1v) is 7.77. The summed E-state index contributed by atoms with van der Waals surface area (Å²) >= 11 is 0. The Bertz CT molecular complexity index is 396. The number of halogens is 1. The molecule has 0 aliphatic heterocycles. The third-order valence-corrected chi connectivity index (χ3v) is 3.46. The van der Waals surface area contributed by atoms with E-state index < -0.39 is 0 Å². The van der Waals surface area contributed by atoms with Gasteiger partial charge in [0.15, 0.2) is 5.96 Å². The fourth-order valence-corrected chi connectivity index (χ4v) is 2.40. The summed E-state index contributed by atoms with van der Waals surface area (Å²) in [5.41, 5.74) is 0. The van der Waals surface area contributed by atoms with Gasteiger partial charge in [-0.15, -0.1) is 24.0 Å². The summed E-state index contributed by atoms with van der Waals surface area (Å²) in [4.78, 5) is 6.70. The standard InChI is InChI=1S/C16H30N4O.HI/c1-13(2)20(14(3)4)11-10-19-16(17-5)18-9-8-15-7-6-12-21-15;/h6-7,12-14H,8-11H2,1-5H3,(H2,17,18,19);1H. The first-order valence-electron chi connectivity index (χ1n) is 7.77. The smallest absolute Gasteiger partial charge is 0.191 e. The minimum Gasteiger partial charge on any atom is -0.469 e. The Morgan fingerprint density at radius 1 is 1.18 bits per heavy atom. The molecule has 0 radical (unpaired) electrons. The molecule has 0 amide bonds. The summed E-state index contributed by atoms with van der Waals surface area (Å²) in [5, 5.41) is 6.66. The van der Waals surface area contributed by atoms with E-state index >= 15 is 0 Å². The lowest BCUT2D eigenvalue weighted by Gasteiger charge is -2.30. The van der Waals surface area contributed by atoms with E-state index in [1.807, 2.05) is 12.1 Å². The SMILES string of the molecule is CN=C(NCCc1ccco1)NCCN(C(C)C)C(C)C.I. The molecular weight excluding hydrogens is 391 g/mol. The molecule has 0 fully saturated rings. The molecule has 0 saturated carbocycles. The highest BCUT2D eigenvalue weighted by Gasteiger charge is 2.12. The molecule has 0 saturated heterocycles. The van der Waals surface area contributed by atoms with Crippen molar-refractivity contribution < 1.29 is 4.42 Å². The van der Waals surface area contributed by atoms with Crippen molar-refractivity contribution >= 4 is 29.9 Å². The van der Waals surface area contributed by atoms with Crippen LogP contribution in [-0.4, -0.2) is 49.6 Å². The number of nitrogens with zero attached hydrogens (tertiary/aromatic N) is 2. The molecule has 0 aliphatic carbocycles. The van der Waals surface area contributed by atoms with E-state index in [2.05, 4.69) is 48.2 Å². The third-order valence-electron chi connectivity index (χ3n) is 3.46. The van der Waals surface area contributed by atoms with Gasteiger partial charge in [-0.1, -0.05) is 0 Å². The van der Waals surface area contributed by atoms with Crippen molar-refractivity contribution in [1.82, 2.24) is 15.5 Å². The predicted molar refractivity (Wildman–Crippen MR) is 104 cm³/mol. The predicted octanol–water partition coefficient (Wildman–Crippen LogP) is 2.72. The van der Waals surface area contributed by atoms with Crippen LogP contribution in [0.3, 0.4) is 0 Å². The zero-order valence-electron chi connectivity index (χ0n) is 14.4. The van der Waals surface area contributed by atoms with Crippen molar-refractivity contribution in [3.05, 3.63) is 24.2 Å². The molecule has 0 bridgehead atoms. The Kier molecular flexibility index (Phi) is 11.4. The van der Waals surface area contributed by atoms with Crippen molar-refractivity contribution in [1.29, 1.82) is 0 Å². The van der Waals surface area contributed by atoms with Crippen molar-refractivity contribution in [3.8, 4) is 0 Å². The number of aliphatic imine (C=N–C) groups is 1.